The van der Waals surface area contributed by atoms with Gasteiger partial charge in [0, 0.05) is 29.7 Å². The molecule has 0 radical (unpaired) electrons. The standard InChI is InChI=1S/C18H17N5OS/c1-3-14-16(25-12(2)22-14)11-23-7-6-19-18(23)13-9-20-17(21-10-13)15-5-4-8-24-15/h4-10H,3,11H2,1-2H3. The van der Waals surface area contributed by atoms with E-state index in [-0.39, 0.29) is 0 Å². The lowest BCUT2D eigenvalue weighted by atomic mass is 10.2. The number of rotatable bonds is 5. The first kappa shape index (κ1) is 15.7. The van der Waals surface area contributed by atoms with Crippen LogP contribution < -0.4 is 0 Å². The molecule has 0 fully saturated rings. The lowest BCUT2D eigenvalue weighted by Gasteiger charge is -2.07. The zero-order valence-electron chi connectivity index (χ0n) is 14.0. The summed E-state index contributed by atoms with van der Waals surface area (Å²) < 4.78 is 7.44. The number of aromatic nitrogens is 5. The van der Waals surface area contributed by atoms with Gasteiger partial charge in [-0.1, -0.05) is 6.92 Å². The molecule has 0 bridgehead atoms. The van der Waals surface area contributed by atoms with Gasteiger partial charge in [0.15, 0.2) is 11.6 Å². The molecule has 6 nitrogen and oxygen atoms in total. The first-order chi connectivity index (χ1) is 12.2. The molecule has 0 unspecified atom stereocenters. The van der Waals surface area contributed by atoms with Crippen molar-refractivity contribution in [3.8, 4) is 23.0 Å². The molecular weight excluding hydrogens is 334 g/mol. The molecule has 0 N–H and O–H groups in total. The van der Waals surface area contributed by atoms with E-state index in [4.69, 9.17) is 4.42 Å². The Morgan fingerprint density at radius 2 is 2.04 bits per heavy atom. The van der Waals surface area contributed by atoms with Gasteiger partial charge >= 0.3 is 0 Å². The number of thiazole rings is 1. The Labute approximate surface area is 149 Å². The molecule has 0 saturated carbocycles. The van der Waals surface area contributed by atoms with Crippen LogP contribution in [0.15, 0.2) is 47.6 Å². The van der Waals surface area contributed by atoms with Crippen LogP contribution in [0, 0.1) is 6.92 Å². The van der Waals surface area contributed by atoms with Crippen molar-refractivity contribution in [3.05, 3.63) is 58.8 Å². The predicted molar refractivity (Wildman–Crippen MR) is 96.3 cm³/mol. The molecule has 0 amide bonds. The summed E-state index contributed by atoms with van der Waals surface area (Å²) in [4.78, 5) is 19.1. The van der Waals surface area contributed by atoms with Crippen LogP contribution in [0.3, 0.4) is 0 Å². The summed E-state index contributed by atoms with van der Waals surface area (Å²) in [5.41, 5.74) is 2.03. The monoisotopic (exact) mass is 351 g/mol. The van der Waals surface area contributed by atoms with Crippen LogP contribution in [-0.2, 0) is 13.0 Å². The van der Waals surface area contributed by atoms with E-state index in [0.29, 0.717) is 11.6 Å². The minimum absolute atomic E-state index is 0.568. The molecule has 0 aliphatic rings. The zero-order chi connectivity index (χ0) is 17.2. The van der Waals surface area contributed by atoms with Gasteiger partial charge in [0.1, 0.15) is 5.82 Å². The fourth-order valence-electron chi connectivity index (χ4n) is 2.74. The molecule has 0 saturated heterocycles. The van der Waals surface area contributed by atoms with E-state index < -0.39 is 0 Å². The Bertz CT molecular complexity index is 970. The van der Waals surface area contributed by atoms with Gasteiger partial charge in [-0.3, -0.25) is 0 Å². The van der Waals surface area contributed by atoms with Crippen LogP contribution in [0.5, 0.6) is 0 Å². The van der Waals surface area contributed by atoms with Gasteiger partial charge in [0.25, 0.3) is 0 Å². The molecule has 0 aliphatic carbocycles. The van der Waals surface area contributed by atoms with Gasteiger partial charge in [-0.25, -0.2) is 19.9 Å². The lowest BCUT2D eigenvalue weighted by Crippen LogP contribution is -2.02. The number of hydrogen-bond donors (Lipinski definition) is 0. The molecule has 4 rings (SSSR count). The van der Waals surface area contributed by atoms with Crippen LogP contribution in [0.1, 0.15) is 22.5 Å². The number of nitrogens with zero attached hydrogens (tertiary/aromatic N) is 5. The second-order valence-corrected chi connectivity index (χ2v) is 6.90. The van der Waals surface area contributed by atoms with E-state index in [9.17, 15) is 0 Å². The number of imidazole rings is 1. The summed E-state index contributed by atoms with van der Waals surface area (Å²) in [7, 11) is 0. The van der Waals surface area contributed by atoms with Crippen molar-refractivity contribution >= 4 is 11.3 Å². The largest absolute Gasteiger partial charge is 0.461 e. The smallest absolute Gasteiger partial charge is 0.195 e. The van der Waals surface area contributed by atoms with Gasteiger partial charge in [-0.15, -0.1) is 11.3 Å². The molecule has 0 atom stereocenters. The number of furan rings is 1. The number of hydrogen-bond acceptors (Lipinski definition) is 6. The molecule has 7 heteroatoms. The van der Waals surface area contributed by atoms with Crippen molar-refractivity contribution < 1.29 is 4.42 Å². The lowest BCUT2D eigenvalue weighted by molar-refractivity contribution is 0.577. The Morgan fingerprint density at radius 1 is 1.20 bits per heavy atom. The van der Waals surface area contributed by atoms with Crippen molar-refractivity contribution in [2.24, 2.45) is 0 Å². The van der Waals surface area contributed by atoms with E-state index >= 15 is 0 Å². The number of aryl methyl sites for hydroxylation is 2. The quantitative estimate of drug-likeness (QED) is 0.544. The predicted octanol–water partition coefficient (Wildman–Crippen LogP) is 3.98. The van der Waals surface area contributed by atoms with Crippen LogP contribution >= 0.6 is 11.3 Å². The summed E-state index contributed by atoms with van der Waals surface area (Å²) in [6, 6.07) is 3.66. The first-order valence-electron chi connectivity index (χ1n) is 8.07. The molecule has 4 aromatic rings. The van der Waals surface area contributed by atoms with E-state index in [1.807, 2.05) is 25.3 Å². The maximum absolute atomic E-state index is 5.33. The highest BCUT2D eigenvalue weighted by Gasteiger charge is 2.13. The third kappa shape index (κ3) is 3.10. The highest BCUT2D eigenvalue weighted by Crippen LogP contribution is 2.24. The molecule has 4 aromatic heterocycles. The summed E-state index contributed by atoms with van der Waals surface area (Å²) >= 11 is 1.74. The van der Waals surface area contributed by atoms with Crippen molar-refractivity contribution in [2.75, 3.05) is 0 Å². The van der Waals surface area contributed by atoms with Crippen molar-refractivity contribution in [3.63, 3.8) is 0 Å². The van der Waals surface area contributed by atoms with Crippen LogP contribution in [-0.4, -0.2) is 24.5 Å². The molecular formula is C18H17N5OS. The Kier molecular flexibility index (Phi) is 4.15. The molecule has 25 heavy (non-hydrogen) atoms. The Balaban J connectivity index is 1.63. The fraction of sp³-hybridized carbons (Fsp3) is 0.222. The van der Waals surface area contributed by atoms with Gasteiger partial charge in [-0.05, 0) is 25.5 Å². The zero-order valence-corrected chi connectivity index (χ0v) is 14.8. The Morgan fingerprint density at radius 3 is 2.76 bits per heavy atom. The minimum Gasteiger partial charge on any atom is -0.461 e. The third-order valence-electron chi connectivity index (χ3n) is 3.90. The van der Waals surface area contributed by atoms with E-state index in [0.717, 1.165) is 35.1 Å². The van der Waals surface area contributed by atoms with Crippen molar-refractivity contribution in [2.45, 2.75) is 26.8 Å². The van der Waals surface area contributed by atoms with E-state index in [2.05, 4.69) is 31.4 Å². The summed E-state index contributed by atoms with van der Waals surface area (Å²) in [6.07, 6.45) is 9.89. The topological polar surface area (TPSA) is 69.6 Å². The first-order valence-corrected chi connectivity index (χ1v) is 8.89. The average Bonchev–Trinajstić information content (AvgIpc) is 3.36. The second-order valence-electron chi connectivity index (χ2n) is 5.61. The highest BCUT2D eigenvalue weighted by atomic mass is 32.1. The van der Waals surface area contributed by atoms with E-state index in [1.165, 1.54) is 4.88 Å². The van der Waals surface area contributed by atoms with Gasteiger partial charge in [0.2, 0.25) is 0 Å². The molecule has 126 valence electrons. The highest BCUT2D eigenvalue weighted by molar-refractivity contribution is 7.11. The normalized spacial score (nSPS) is 11.1. The van der Waals surface area contributed by atoms with Crippen molar-refractivity contribution in [1.29, 1.82) is 0 Å². The van der Waals surface area contributed by atoms with Gasteiger partial charge < -0.3 is 8.98 Å². The maximum atomic E-state index is 5.33. The summed E-state index contributed by atoms with van der Waals surface area (Å²) in [5.74, 6) is 2.07. The SMILES string of the molecule is CCc1nc(C)sc1Cn1ccnc1-c1cnc(-c2ccco2)nc1. The molecule has 4 heterocycles. The van der Waals surface area contributed by atoms with Gasteiger partial charge in [-0.2, -0.15) is 0 Å². The molecule has 0 spiro atoms. The second kappa shape index (κ2) is 6.60. The fourth-order valence-corrected chi connectivity index (χ4v) is 3.76. The van der Waals surface area contributed by atoms with Crippen LogP contribution in [0.2, 0.25) is 0 Å². The molecule has 0 aliphatic heterocycles. The van der Waals surface area contributed by atoms with E-state index in [1.54, 1.807) is 36.2 Å². The Hall–Kier alpha value is -2.80. The summed E-state index contributed by atoms with van der Waals surface area (Å²) in [5, 5.41) is 1.10. The summed E-state index contributed by atoms with van der Waals surface area (Å²) in [6.45, 7) is 4.93. The van der Waals surface area contributed by atoms with Crippen LogP contribution in [0.25, 0.3) is 23.0 Å². The average molecular weight is 351 g/mol. The minimum atomic E-state index is 0.568. The third-order valence-corrected chi connectivity index (χ3v) is 4.90. The van der Waals surface area contributed by atoms with Gasteiger partial charge in [0.05, 0.1) is 29.1 Å². The van der Waals surface area contributed by atoms with Crippen molar-refractivity contribution in [1.82, 2.24) is 24.5 Å². The molecule has 0 aromatic carbocycles. The maximum Gasteiger partial charge on any atom is 0.195 e. The van der Waals surface area contributed by atoms with Crippen LogP contribution in [0.4, 0.5) is 0 Å².